The number of rotatable bonds is 2. The molecule has 1 aliphatic heterocycles. The molecule has 0 saturated carbocycles. The van der Waals surface area contributed by atoms with Crippen LogP contribution in [0.1, 0.15) is 22.2 Å². The van der Waals surface area contributed by atoms with Crippen LogP contribution in [0.15, 0.2) is 24.3 Å². The summed E-state index contributed by atoms with van der Waals surface area (Å²) in [5.74, 6) is -0.937. The van der Waals surface area contributed by atoms with Gasteiger partial charge in [-0.2, -0.15) is 21.6 Å². The van der Waals surface area contributed by atoms with Crippen LogP contribution in [0.5, 0.6) is 0 Å². The van der Waals surface area contributed by atoms with Crippen molar-refractivity contribution in [3.63, 3.8) is 0 Å². The Bertz CT molecular complexity index is 592. The maximum atomic E-state index is 12.1. The summed E-state index contributed by atoms with van der Waals surface area (Å²) in [5, 5.41) is 0. The lowest BCUT2D eigenvalue weighted by Crippen LogP contribution is -2.27. The van der Waals surface area contributed by atoms with Gasteiger partial charge in [-0.3, -0.25) is 0 Å². The molecule has 1 aliphatic rings. The van der Waals surface area contributed by atoms with Gasteiger partial charge in [-0.25, -0.2) is 8.98 Å². The molecule has 1 aromatic rings. The third-order valence-corrected chi connectivity index (χ3v) is 3.14. The van der Waals surface area contributed by atoms with Crippen molar-refractivity contribution < 1.29 is 35.3 Å². The van der Waals surface area contributed by atoms with E-state index in [1.807, 2.05) is 0 Å². The molecule has 0 radical (unpaired) electrons. The number of benzene rings is 1. The van der Waals surface area contributed by atoms with E-state index in [1.165, 1.54) is 24.3 Å². The van der Waals surface area contributed by atoms with Crippen LogP contribution in [0.4, 0.5) is 13.2 Å². The van der Waals surface area contributed by atoms with Gasteiger partial charge in [0.15, 0.2) is 0 Å². The average molecular weight is 282 g/mol. The van der Waals surface area contributed by atoms with Crippen LogP contribution in [0, 0.1) is 0 Å². The fourth-order valence-electron chi connectivity index (χ4n) is 1.35. The van der Waals surface area contributed by atoms with Crippen LogP contribution >= 0.6 is 0 Å². The van der Waals surface area contributed by atoms with Crippen molar-refractivity contribution in [2.75, 3.05) is 0 Å². The Labute approximate surface area is 99.2 Å². The molecule has 18 heavy (non-hydrogen) atoms. The van der Waals surface area contributed by atoms with E-state index in [2.05, 4.69) is 8.92 Å². The Kier molecular flexibility index (Phi) is 2.82. The first-order chi connectivity index (χ1) is 8.22. The minimum Gasteiger partial charge on any atom is -0.426 e. The fourth-order valence-corrected chi connectivity index (χ4v) is 1.84. The zero-order chi connectivity index (χ0) is 13.6. The molecule has 0 bridgehead atoms. The molecule has 9 heteroatoms. The van der Waals surface area contributed by atoms with E-state index in [1.54, 1.807) is 0 Å². The van der Waals surface area contributed by atoms with Gasteiger partial charge < -0.3 is 4.74 Å². The van der Waals surface area contributed by atoms with Gasteiger partial charge in [0, 0.05) is 5.56 Å². The van der Waals surface area contributed by atoms with Crippen molar-refractivity contribution in [2.24, 2.45) is 0 Å². The van der Waals surface area contributed by atoms with Gasteiger partial charge in [-0.1, -0.05) is 18.2 Å². The second kappa shape index (κ2) is 3.95. The number of carbonyl (C=O) groups excluding carboxylic acids is 1. The number of hydrogen-bond donors (Lipinski definition) is 0. The Balaban J connectivity index is 2.32. The molecule has 0 aromatic heterocycles. The lowest BCUT2D eigenvalue weighted by atomic mass is 10.1. The monoisotopic (exact) mass is 282 g/mol. The van der Waals surface area contributed by atoms with E-state index in [4.69, 9.17) is 0 Å². The van der Waals surface area contributed by atoms with Crippen molar-refractivity contribution in [1.82, 2.24) is 0 Å². The quantitative estimate of drug-likeness (QED) is 0.469. The van der Waals surface area contributed by atoms with Crippen LogP contribution in [-0.4, -0.2) is 19.9 Å². The van der Waals surface area contributed by atoms with E-state index in [0.717, 1.165) is 0 Å². The summed E-state index contributed by atoms with van der Waals surface area (Å²) in [7, 11) is -5.82. The SMILES string of the molecule is O=C1OC(OS(=O)(=O)C(F)(F)F)c2ccccc21. The normalized spacial score (nSPS) is 19.5. The molecule has 5 nitrogen and oxygen atoms in total. The minimum atomic E-state index is -5.82. The summed E-state index contributed by atoms with van der Waals surface area (Å²) in [4.78, 5) is 11.2. The standard InChI is InChI=1S/C9H5F3O5S/c10-9(11,12)18(14,15)17-8-6-4-2-1-3-5(6)7(13)16-8/h1-4,8H. The predicted octanol–water partition coefficient (Wildman–Crippen LogP) is 1.72. The molecule has 0 N–H and O–H groups in total. The zero-order valence-corrected chi connectivity index (χ0v) is 9.29. The van der Waals surface area contributed by atoms with Crippen molar-refractivity contribution in [3.8, 4) is 0 Å². The van der Waals surface area contributed by atoms with E-state index >= 15 is 0 Å². The van der Waals surface area contributed by atoms with Crippen LogP contribution in [-0.2, 0) is 19.0 Å². The molecule has 0 saturated heterocycles. The highest BCUT2D eigenvalue weighted by Crippen LogP contribution is 2.36. The van der Waals surface area contributed by atoms with Gasteiger partial charge in [-0.15, -0.1) is 0 Å². The molecular formula is C9H5F3O5S. The molecule has 2 rings (SSSR count). The molecule has 0 aliphatic carbocycles. The zero-order valence-electron chi connectivity index (χ0n) is 8.47. The fraction of sp³-hybridized carbons (Fsp3) is 0.222. The van der Waals surface area contributed by atoms with Crippen LogP contribution in [0.25, 0.3) is 0 Å². The highest BCUT2D eigenvalue weighted by molar-refractivity contribution is 7.87. The highest BCUT2D eigenvalue weighted by Gasteiger charge is 2.50. The summed E-state index contributed by atoms with van der Waals surface area (Å²) in [6.45, 7) is 0. The molecule has 0 spiro atoms. The number of halogens is 3. The maximum absolute atomic E-state index is 12.1. The van der Waals surface area contributed by atoms with Crippen LogP contribution in [0.2, 0.25) is 0 Å². The lowest BCUT2D eigenvalue weighted by Gasteiger charge is -2.13. The molecule has 0 fully saturated rings. The molecule has 0 amide bonds. The smallest absolute Gasteiger partial charge is 0.426 e. The van der Waals surface area contributed by atoms with Crippen molar-refractivity contribution in [3.05, 3.63) is 35.4 Å². The van der Waals surface area contributed by atoms with Gasteiger partial charge in [0.2, 0.25) is 6.29 Å². The topological polar surface area (TPSA) is 69.7 Å². The summed E-state index contributed by atoms with van der Waals surface area (Å²) in [6, 6.07) is 5.41. The molecule has 1 unspecified atom stereocenters. The van der Waals surface area contributed by atoms with E-state index < -0.39 is 27.9 Å². The third-order valence-electron chi connectivity index (χ3n) is 2.15. The first kappa shape index (κ1) is 12.8. The lowest BCUT2D eigenvalue weighted by molar-refractivity contribution is -0.0812. The van der Waals surface area contributed by atoms with E-state index in [-0.39, 0.29) is 11.1 Å². The van der Waals surface area contributed by atoms with Gasteiger partial charge in [0.1, 0.15) is 0 Å². The third kappa shape index (κ3) is 2.06. The van der Waals surface area contributed by atoms with Crippen molar-refractivity contribution >= 4 is 16.1 Å². The van der Waals surface area contributed by atoms with Crippen LogP contribution < -0.4 is 0 Å². The summed E-state index contributed by atoms with van der Waals surface area (Å²) in [5.41, 5.74) is -5.66. The number of esters is 1. The molecular weight excluding hydrogens is 277 g/mol. The Hall–Kier alpha value is -1.61. The first-order valence-electron chi connectivity index (χ1n) is 4.52. The first-order valence-corrected chi connectivity index (χ1v) is 5.92. The molecule has 1 heterocycles. The van der Waals surface area contributed by atoms with Crippen molar-refractivity contribution in [1.29, 1.82) is 0 Å². The predicted molar refractivity (Wildman–Crippen MR) is 50.7 cm³/mol. The van der Waals surface area contributed by atoms with Gasteiger partial charge >= 0.3 is 21.6 Å². The maximum Gasteiger partial charge on any atom is 0.523 e. The Morgan fingerprint density at radius 1 is 1.22 bits per heavy atom. The van der Waals surface area contributed by atoms with Gasteiger partial charge in [0.25, 0.3) is 0 Å². The second-order valence-electron chi connectivity index (χ2n) is 3.32. The molecule has 98 valence electrons. The summed E-state index contributed by atoms with van der Waals surface area (Å²) < 4.78 is 66.2. The number of ether oxygens (including phenoxy) is 1. The van der Waals surface area contributed by atoms with Crippen LogP contribution in [0.3, 0.4) is 0 Å². The number of carbonyl (C=O) groups is 1. The second-order valence-corrected chi connectivity index (χ2v) is 4.88. The Morgan fingerprint density at radius 2 is 1.83 bits per heavy atom. The van der Waals surface area contributed by atoms with E-state index in [9.17, 15) is 26.4 Å². The van der Waals surface area contributed by atoms with Crippen molar-refractivity contribution in [2.45, 2.75) is 11.8 Å². The highest BCUT2D eigenvalue weighted by atomic mass is 32.2. The van der Waals surface area contributed by atoms with Gasteiger partial charge in [-0.05, 0) is 6.07 Å². The summed E-state index contributed by atoms with van der Waals surface area (Å²) >= 11 is 0. The van der Waals surface area contributed by atoms with Gasteiger partial charge in [0.05, 0.1) is 5.56 Å². The number of cyclic esters (lactones) is 1. The largest absolute Gasteiger partial charge is 0.523 e. The number of hydrogen-bond acceptors (Lipinski definition) is 5. The molecule has 1 atom stereocenters. The average Bonchev–Trinajstić information content (AvgIpc) is 2.55. The van der Waals surface area contributed by atoms with E-state index in [0.29, 0.717) is 0 Å². The summed E-state index contributed by atoms with van der Waals surface area (Å²) in [6.07, 6.45) is -1.90. The number of fused-ring (bicyclic) bond motifs is 1. The molecule has 1 aromatic carbocycles. The number of alkyl halides is 3. The Morgan fingerprint density at radius 3 is 2.44 bits per heavy atom. The minimum absolute atomic E-state index is 0.0279.